The molecule has 0 spiro atoms. The lowest BCUT2D eigenvalue weighted by atomic mass is 9.80. The molecular formula is C27H34N+. The van der Waals surface area contributed by atoms with Gasteiger partial charge in [0.1, 0.15) is 7.05 Å². The number of hydrogen-bond acceptors (Lipinski definition) is 0. The molecule has 0 radical (unpaired) electrons. The third-order valence-electron chi connectivity index (χ3n) is 5.08. The van der Waals surface area contributed by atoms with Gasteiger partial charge in [-0.1, -0.05) is 70.9 Å². The summed E-state index contributed by atoms with van der Waals surface area (Å²) in [4.78, 5) is 0. The van der Waals surface area contributed by atoms with E-state index in [0.29, 0.717) is 22.4 Å². The second-order valence-corrected chi connectivity index (χ2v) is 8.30. The zero-order chi connectivity index (χ0) is 29.1. The van der Waals surface area contributed by atoms with Gasteiger partial charge in [-0.25, -0.2) is 4.57 Å². The van der Waals surface area contributed by atoms with Crippen LogP contribution in [0.5, 0.6) is 0 Å². The Morgan fingerprint density at radius 3 is 2.29 bits per heavy atom. The Hall–Kier alpha value is -2.41. The molecule has 1 heterocycles. The van der Waals surface area contributed by atoms with Crippen molar-refractivity contribution in [3.05, 3.63) is 77.0 Å². The average Bonchev–Trinajstić information content (AvgIpc) is 2.76. The van der Waals surface area contributed by atoms with E-state index in [9.17, 15) is 0 Å². The van der Waals surface area contributed by atoms with Gasteiger partial charge in [0.15, 0.2) is 6.20 Å². The molecule has 146 valence electrons. The molecule has 0 aliphatic rings. The van der Waals surface area contributed by atoms with Crippen LogP contribution in [0.15, 0.2) is 54.7 Å². The van der Waals surface area contributed by atoms with E-state index in [1.165, 1.54) is 6.20 Å². The minimum Gasteiger partial charge on any atom is -0.201 e. The second-order valence-electron chi connectivity index (χ2n) is 8.30. The van der Waals surface area contributed by atoms with Gasteiger partial charge in [0.05, 0.1) is 0 Å². The van der Waals surface area contributed by atoms with Crippen molar-refractivity contribution in [2.45, 2.75) is 59.6 Å². The maximum absolute atomic E-state index is 8.84. The highest BCUT2D eigenvalue weighted by Gasteiger charge is 2.26. The summed E-state index contributed by atoms with van der Waals surface area (Å²) in [6, 6.07) is 14.4. The van der Waals surface area contributed by atoms with Crippen molar-refractivity contribution in [1.29, 1.82) is 0 Å². The zero-order valence-corrected chi connectivity index (χ0v) is 17.1. The fourth-order valence-electron chi connectivity index (χ4n) is 3.58. The van der Waals surface area contributed by atoms with Gasteiger partial charge in [0.2, 0.25) is 5.69 Å². The molecule has 0 unspecified atom stereocenters. The van der Waals surface area contributed by atoms with E-state index < -0.39 is 31.9 Å². The minimum atomic E-state index is -3.12. The van der Waals surface area contributed by atoms with Crippen LogP contribution < -0.4 is 4.57 Å². The van der Waals surface area contributed by atoms with Crippen molar-refractivity contribution in [2.24, 2.45) is 7.05 Å². The summed E-state index contributed by atoms with van der Waals surface area (Å²) < 4.78 is 83.0. The van der Waals surface area contributed by atoms with Crippen molar-refractivity contribution >= 4 is 0 Å². The van der Waals surface area contributed by atoms with Crippen LogP contribution in [0.4, 0.5) is 0 Å². The highest BCUT2D eigenvalue weighted by molar-refractivity contribution is 5.75. The summed E-state index contributed by atoms with van der Waals surface area (Å²) in [7, 11) is 1.67. The molecule has 0 saturated carbocycles. The monoisotopic (exact) mass is 382 g/mol. The SMILES string of the molecule is [2H]C([2H])([2H])c1cc(C)c(-c2cc(C(C)(C)C)c(C([2H])(C([2H])([2H])[2H])C([2H])([2H])[2H])c[n+]2C)cc1-c1ccccc1. The second kappa shape index (κ2) is 7.54. The molecule has 3 rings (SSSR count). The van der Waals surface area contributed by atoms with Gasteiger partial charge in [-0.05, 0) is 59.0 Å². The van der Waals surface area contributed by atoms with E-state index in [0.717, 1.165) is 11.1 Å². The summed E-state index contributed by atoms with van der Waals surface area (Å²) in [6.45, 7) is -1.25. The molecule has 0 aliphatic carbocycles. The van der Waals surface area contributed by atoms with Crippen LogP contribution in [0.25, 0.3) is 22.4 Å². The summed E-state index contributed by atoms with van der Waals surface area (Å²) in [5, 5.41) is 0. The third-order valence-corrected chi connectivity index (χ3v) is 5.08. The molecule has 0 aliphatic heterocycles. The van der Waals surface area contributed by atoms with Crippen LogP contribution in [0, 0.1) is 13.8 Å². The Balaban J connectivity index is 2.43. The lowest BCUT2D eigenvalue weighted by Crippen LogP contribution is -2.34. The lowest BCUT2D eigenvalue weighted by molar-refractivity contribution is -0.661. The Kier molecular flexibility index (Phi) is 2.95. The van der Waals surface area contributed by atoms with Gasteiger partial charge in [-0.15, -0.1) is 0 Å². The molecule has 28 heavy (non-hydrogen) atoms. The van der Waals surface area contributed by atoms with Crippen molar-refractivity contribution in [2.75, 3.05) is 0 Å². The van der Waals surface area contributed by atoms with E-state index in [1.54, 1.807) is 23.7 Å². The molecule has 0 fully saturated rings. The standard InChI is InChI=1S/C27H34N/c1-18(2)24-17-28(8)26(16-25(24)27(5,6)7)23-15-22(19(3)14-20(23)4)21-12-10-9-11-13-21/h9-18H,1-8H3/q+1/i1D3,2D3,3D3,18D. The largest absolute Gasteiger partial charge is 0.212 e. The first kappa shape index (κ1) is 11.0. The highest BCUT2D eigenvalue weighted by Crippen LogP contribution is 2.35. The van der Waals surface area contributed by atoms with Crippen LogP contribution in [0.2, 0.25) is 0 Å². The van der Waals surface area contributed by atoms with Gasteiger partial charge in [0, 0.05) is 30.9 Å². The van der Waals surface area contributed by atoms with Crippen LogP contribution in [-0.2, 0) is 12.5 Å². The van der Waals surface area contributed by atoms with Crippen molar-refractivity contribution in [3.63, 3.8) is 0 Å². The van der Waals surface area contributed by atoms with Crippen LogP contribution in [0.3, 0.4) is 0 Å². The number of benzene rings is 2. The van der Waals surface area contributed by atoms with Gasteiger partial charge < -0.3 is 0 Å². The molecular weight excluding hydrogens is 338 g/mol. The molecule has 0 atom stereocenters. The molecule has 3 aromatic rings. The average molecular weight is 383 g/mol. The molecule has 1 nitrogen and oxygen atoms in total. The first-order valence-electron chi connectivity index (χ1n) is 14.4. The first-order chi connectivity index (χ1) is 17.1. The van der Waals surface area contributed by atoms with Gasteiger partial charge in [-0.3, -0.25) is 0 Å². The van der Waals surface area contributed by atoms with Gasteiger partial charge in [0.25, 0.3) is 0 Å². The zero-order valence-electron chi connectivity index (χ0n) is 27.1. The van der Waals surface area contributed by atoms with E-state index in [4.69, 9.17) is 13.7 Å². The predicted octanol–water partition coefficient (Wildman–Crippen LogP) is 6.88. The highest BCUT2D eigenvalue weighted by atomic mass is 14.9. The number of hydrogen-bond donors (Lipinski definition) is 0. The summed E-state index contributed by atoms with van der Waals surface area (Å²) in [6.07, 6.45) is 1.43. The van der Waals surface area contributed by atoms with Crippen molar-refractivity contribution in [3.8, 4) is 22.4 Å². The summed E-state index contributed by atoms with van der Waals surface area (Å²) in [5.74, 6) is -2.85. The summed E-state index contributed by atoms with van der Waals surface area (Å²) in [5.41, 5.74) is 3.20. The first-order valence-corrected chi connectivity index (χ1v) is 9.36. The van der Waals surface area contributed by atoms with Crippen molar-refractivity contribution in [1.82, 2.24) is 0 Å². The smallest absolute Gasteiger partial charge is 0.201 e. The normalized spacial score (nSPS) is 18.9. The van der Waals surface area contributed by atoms with E-state index in [2.05, 4.69) is 0 Å². The Morgan fingerprint density at radius 2 is 1.68 bits per heavy atom. The predicted molar refractivity (Wildman–Crippen MR) is 121 cm³/mol. The number of aromatic nitrogens is 1. The molecule has 1 aromatic heterocycles. The van der Waals surface area contributed by atoms with Gasteiger partial charge in [-0.2, -0.15) is 0 Å². The van der Waals surface area contributed by atoms with E-state index in [-0.39, 0.29) is 11.1 Å². The van der Waals surface area contributed by atoms with E-state index >= 15 is 0 Å². The molecule has 1 heteroatoms. The third kappa shape index (κ3) is 3.90. The number of nitrogens with zero attached hydrogens (tertiary/aromatic N) is 1. The summed E-state index contributed by atoms with van der Waals surface area (Å²) >= 11 is 0. The maximum Gasteiger partial charge on any atom is 0.212 e. The molecule has 0 amide bonds. The van der Waals surface area contributed by atoms with Crippen LogP contribution >= 0.6 is 0 Å². The molecule has 0 bridgehead atoms. The van der Waals surface area contributed by atoms with Gasteiger partial charge >= 0.3 is 0 Å². The Labute approximate surface area is 185 Å². The Morgan fingerprint density at radius 1 is 0.964 bits per heavy atom. The molecule has 0 saturated heterocycles. The molecule has 2 aromatic carbocycles. The van der Waals surface area contributed by atoms with Crippen LogP contribution in [-0.4, -0.2) is 0 Å². The number of aryl methyl sites for hydroxylation is 3. The Bertz CT molecular complexity index is 1310. The quantitative estimate of drug-likeness (QED) is 0.435. The van der Waals surface area contributed by atoms with Crippen LogP contribution in [0.1, 0.15) is 76.3 Å². The molecule has 0 N–H and O–H groups in total. The van der Waals surface area contributed by atoms with Crippen molar-refractivity contribution < 1.29 is 18.3 Å². The minimum absolute atomic E-state index is 0.0868. The lowest BCUT2D eigenvalue weighted by Gasteiger charge is -2.24. The number of rotatable bonds is 3. The maximum atomic E-state index is 8.84. The topological polar surface area (TPSA) is 3.88 Å². The number of pyridine rings is 1. The van der Waals surface area contributed by atoms with E-state index in [1.807, 2.05) is 64.1 Å². The fourth-order valence-corrected chi connectivity index (χ4v) is 3.58. The fraction of sp³-hybridized carbons (Fsp3) is 0.370.